The molecule has 5 nitrogen and oxygen atoms in total. The van der Waals surface area contributed by atoms with Gasteiger partial charge in [-0.05, 0) is 19.1 Å². The Morgan fingerprint density at radius 2 is 2.11 bits per heavy atom. The number of nitrogens with zero attached hydrogens (tertiary/aromatic N) is 3. The summed E-state index contributed by atoms with van der Waals surface area (Å²) in [4.78, 5) is 7.44. The second kappa shape index (κ2) is 5.39. The van der Waals surface area contributed by atoms with E-state index >= 15 is 0 Å². The van der Waals surface area contributed by atoms with Crippen molar-refractivity contribution in [2.75, 3.05) is 17.2 Å². The number of pyridine rings is 1. The van der Waals surface area contributed by atoms with Gasteiger partial charge in [0.15, 0.2) is 0 Å². The molecule has 0 aliphatic heterocycles. The number of hydrogen-bond acceptors (Lipinski definition) is 6. The van der Waals surface area contributed by atoms with E-state index in [2.05, 4.69) is 25.0 Å². The Labute approximate surface area is 111 Å². The van der Waals surface area contributed by atoms with Crippen molar-refractivity contribution in [2.45, 2.75) is 13.1 Å². The molecule has 9 heteroatoms. The minimum Gasteiger partial charge on any atom is -0.370 e. The Balaban J connectivity index is 2.06. The van der Waals surface area contributed by atoms with Crippen molar-refractivity contribution in [1.82, 2.24) is 14.3 Å². The Morgan fingerprint density at radius 1 is 1.32 bits per heavy atom. The van der Waals surface area contributed by atoms with Crippen molar-refractivity contribution in [1.29, 1.82) is 0 Å². The maximum Gasteiger partial charge on any atom is 0.452 e. The molecular weight excluding hydrogens is 279 g/mol. The average Bonchev–Trinajstić information content (AvgIpc) is 2.80. The highest BCUT2D eigenvalue weighted by Gasteiger charge is 2.36. The Morgan fingerprint density at radius 3 is 2.63 bits per heavy atom. The first kappa shape index (κ1) is 13.5. The summed E-state index contributed by atoms with van der Waals surface area (Å²) < 4.78 is 40.2. The molecule has 2 aromatic heterocycles. The molecule has 0 unspecified atom stereocenters. The highest BCUT2D eigenvalue weighted by Crippen LogP contribution is 2.29. The van der Waals surface area contributed by atoms with Crippen molar-refractivity contribution in [2.24, 2.45) is 0 Å². The fourth-order valence-electron chi connectivity index (χ4n) is 1.27. The van der Waals surface area contributed by atoms with Gasteiger partial charge >= 0.3 is 6.18 Å². The van der Waals surface area contributed by atoms with Crippen LogP contribution in [-0.4, -0.2) is 20.9 Å². The van der Waals surface area contributed by atoms with E-state index in [0.717, 1.165) is 6.54 Å². The summed E-state index contributed by atoms with van der Waals surface area (Å²) in [6.07, 6.45) is -3.02. The topological polar surface area (TPSA) is 62.7 Å². The van der Waals surface area contributed by atoms with Gasteiger partial charge in [-0.2, -0.15) is 22.5 Å². The summed E-state index contributed by atoms with van der Waals surface area (Å²) >= 11 is 0.650. The molecular formula is C10H10F3N5S. The molecule has 0 saturated carbocycles. The monoisotopic (exact) mass is 289 g/mol. The van der Waals surface area contributed by atoms with Crippen molar-refractivity contribution in [3.8, 4) is 0 Å². The standard InChI is InChI=1S/C10H10F3N5S/c1-2-14-7-4-3-6(5-15-7)16-9-17-8(18-19-9)10(11,12)13/h3-5H,2H2,1H3,(H,14,15)(H,16,17,18). The zero-order valence-corrected chi connectivity index (χ0v) is 10.6. The molecule has 0 amide bonds. The van der Waals surface area contributed by atoms with Gasteiger partial charge in [0.1, 0.15) is 5.82 Å². The summed E-state index contributed by atoms with van der Waals surface area (Å²) in [6.45, 7) is 2.68. The number of rotatable bonds is 4. The molecule has 2 heterocycles. The van der Waals surface area contributed by atoms with Crippen LogP contribution in [0.2, 0.25) is 0 Å². The highest BCUT2D eigenvalue weighted by atomic mass is 32.1. The van der Waals surface area contributed by atoms with E-state index in [4.69, 9.17) is 0 Å². The fraction of sp³-hybridized carbons (Fsp3) is 0.300. The van der Waals surface area contributed by atoms with Crippen LogP contribution in [0.4, 0.5) is 29.8 Å². The predicted octanol–water partition coefficient (Wildman–Crippen LogP) is 3.13. The highest BCUT2D eigenvalue weighted by molar-refractivity contribution is 7.09. The molecule has 0 aromatic carbocycles. The Hall–Kier alpha value is -1.90. The normalized spacial score (nSPS) is 11.4. The average molecular weight is 289 g/mol. The first-order chi connectivity index (χ1) is 8.99. The summed E-state index contributed by atoms with van der Waals surface area (Å²) in [5.41, 5.74) is 0.548. The molecule has 102 valence electrons. The van der Waals surface area contributed by atoms with Crippen LogP contribution in [0.25, 0.3) is 0 Å². The second-order valence-corrected chi connectivity index (χ2v) is 4.26. The van der Waals surface area contributed by atoms with Gasteiger partial charge in [-0.1, -0.05) is 0 Å². The first-order valence-corrected chi connectivity index (χ1v) is 6.14. The minimum absolute atomic E-state index is 0.0744. The second-order valence-electron chi connectivity index (χ2n) is 3.51. The van der Waals surface area contributed by atoms with E-state index in [1.54, 1.807) is 12.1 Å². The predicted molar refractivity (Wildman–Crippen MR) is 66.6 cm³/mol. The van der Waals surface area contributed by atoms with Crippen LogP contribution >= 0.6 is 11.5 Å². The summed E-state index contributed by atoms with van der Waals surface area (Å²) in [6, 6.07) is 3.41. The molecule has 2 aromatic rings. The lowest BCUT2D eigenvalue weighted by Gasteiger charge is -2.04. The number of halogens is 3. The molecule has 0 saturated heterocycles. The molecule has 2 rings (SSSR count). The lowest BCUT2D eigenvalue weighted by molar-refractivity contribution is -0.144. The molecule has 0 fully saturated rings. The zero-order chi connectivity index (χ0) is 13.9. The maximum atomic E-state index is 12.3. The number of aromatic nitrogens is 3. The molecule has 0 bridgehead atoms. The van der Waals surface area contributed by atoms with E-state index in [0.29, 0.717) is 23.0 Å². The van der Waals surface area contributed by atoms with Gasteiger partial charge in [0.25, 0.3) is 0 Å². The van der Waals surface area contributed by atoms with E-state index < -0.39 is 12.0 Å². The number of alkyl halides is 3. The molecule has 2 N–H and O–H groups in total. The van der Waals surface area contributed by atoms with E-state index in [1.807, 2.05) is 6.92 Å². The van der Waals surface area contributed by atoms with Crippen LogP contribution in [-0.2, 0) is 6.18 Å². The molecule has 19 heavy (non-hydrogen) atoms. The lowest BCUT2D eigenvalue weighted by atomic mass is 10.4. The minimum atomic E-state index is -4.52. The first-order valence-electron chi connectivity index (χ1n) is 5.37. The maximum absolute atomic E-state index is 12.3. The Bertz CT molecular complexity index is 537. The third-order valence-electron chi connectivity index (χ3n) is 2.05. The summed E-state index contributed by atoms with van der Waals surface area (Å²) in [7, 11) is 0. The van der Waals surface area contributed by atoms with Crippen LogP contribution in [0.3, 0.4) is 0 Å². The zero-order valence-electron chi connectivity index (χ0n) is 9.82. The number of nitrogens with one attached hydrogen (secondary N) is 2. The van der Waals surface area contributed by atoms with Gasteiger partial charge in [0.2, 0.25) is 11.0 Å². The van der Waals surface area contributed by atoms with Gasteiger partial charge < -0.3 is 10.6 Å². The van der Waals surface area contributed by atoms with E-state index in [-0.39, 0.29) is 5.13 Å². The largest absolute Gasteiger partial charge is 0.452 e. The molecule has 0 spiro atoms. The van der Waals surface area contributed by atoms with Crippen LogP contribution in [0.5, 0.6) is 0 Å². The Kier molecular flexibility index (Phi) is 3.84. The van der Waals surface area contributed by atoms with Crippen LogP contribution < -0.4 is 10.6 Å². The molecule has 0 aliphatic carbocycles. The summed E-state index contributed by atoms with van der Waals surface area (Å²) in [5, 5.41) is 5.80. The van der Waals surface area contributed by atoms with E-state index in [1.165, 1.54) is 6.20 Å². The van der Waals surface area contributed by atoms with Gasteiger partial charge in [0.05, 0.1) is 11.9 Å². The van der Waals surface area contributed by atoms with E-state index in [9.17, 15) is 13.2 Å². The number of anilines is 3. The van der Waals surface area contributed by atoms with Crippen molar-refractivity contribution in [3.05, 3.63) is 24.2 Å². The van der Waals surface area contributed by atoms with Crippen molar-refractivity contribution in [3.63, 3.8) is 0 Å². The van der Waals surface area contributed by atoms with Crippen molar-refractivity contribution < 1.29 is 13.2 Å². The fourth-order valence-corrected chi connectivity index (χ4v) is 1.87. The SMILES string of the molecule is CCNc1ccc(Nc2nc(C(F)(F)F)ns2)cn1. The quantitative estimate of drug-likeness (QED) is 0.905. The van der Waals surface area contributed by atoms with Gasteiger partial charge in [-0.15, -0.1) is 0 Å². The van der Waals surface area contributed by atoms with Crippen molar-refractivity contribution >= 4 is 28.2 Å². The van der Waals surface area contributed by atoms with Crippen LogP contribution in [0, 0.1) is 0 Å². The number of hydrogen-bond donors (Lipinski definition) is 2. The van der Waals surface area contributed by atoms with Crippen LogP contribution in [0.15, 0.2) is 18.3 Å². The van der Waals surface area contributed by atoms with Gasteiger partial charge in [0, 0.05) is 18.1 Å². The summed E-state index contributed by atoms with van der Waals surface area (Å²) in [5.74, 6) is -0.446. The third-order valence-corrected chi connectivity index (χ3v) is 2.68. The lowest BCUT2D eigenvalue weighted by Crippen LogP contribution is -2.07. The van der Waals surface area contributed by atoms with Gasteiger partial charge in [-0.3, -0.25) is 0 Å². The third kappa shape index (κ3) is 3.53. The smallest absolute Gasteiger partial charge is 0.370 e. The molecule has 0 atom stereocenters. The van der Waals surface area contributed by atoms with Crippen LogP contribution in [0.1, 0.15) is 12.7 Å². The molecule has 0 aliphatic rings. The van der Waals surface area contributed by atoms with Gasteiger partial charge in [-0.25, -0.2) is 4.98 Å². The molecule has 0 radical (unpaired) electrons.